The average molecular weight is 612 g/mol. The lowest BCUT2D eigenvalue weighted by atomic mass is 9.94. The molecule has 10 heteroatoms. The Balaban J connectivity index is 1.33. The van der Waals surface area contributed by atoms with E-state index in [1.807, 2.05) is 0 Å². The maximum atomic E-state index is 13.9. The number of rotatable bonds is 7. The number of nitrogens with zero attached hydrogens (tertiary/aromatic N) is 7. The predicted octanol–water partition coefficient (Wildman–Crippen LogP) is 5.17. The van der Waals surface area contributed by atoms with Crippen LogP contribution in [-0.4, -0.2) is 89.2 Å². The van der Waals surface area contributed by atoms with Gasteiger partial charge in [-0.3, -0.25) is 9.69 Å². The van der Waals surface area contributed by atoms with Gasteiger partial charge in [0, 0.05) is 60.9 Å². The molecule has 4 heterocycles. The number of aryl methyl sites for hydroxylation is 1. The molecule has 236 valence electrons. The highest BCUT2D eigenvalue weighted by Crippen LogP contribution is 2.36. The zero-order valence-electron chi connectivity index (χ0n) is 26.7. The number of hydrogen-bond acceptors (Lipinski definition) is 7. The standard InChI is InChI=1S/C35H42FN7O2/c1-23-9-7-10-25-11-8-12-30(31(23)25)40-15-14-28-29(21-40)38-34(45-22-26-13-16-43(26)35(3,4)5)39-32(28)41-17-18-42(33(44)24(2)36)27(20-41)19-37-6/h7-12,26-27H,2,13-22H2,1,3-5H3/t26?,27-/m0/s1. The van der Waals surface area contributed by atoms with E-state index >= 15 is 0 Å². The van der Waals surface area contributed by atoms with Gasteiger partial charge in [0.25, 0.3) is 5.91 Å². The summed E-state index contributed by atoms with van der Waals surface area (Å²) in [7, 11) is 0. The van der Waals surface area contributed by atoms with Crippen molar-refractivity contribution in [3.8, 4) is 6.01 Å². The third-order valence-electron chi connectivity index (χ3n) is 9.44. The Morgan fingerprint density at radius 3 is 2.56 bits per heavy atom. The number of hydrogen-bond donors (Lipinski definition) is 0. The smallest absolute Gasteiger partial charge is 0.318 e. The van der Waals surface area contributed by atoms with E-state index in [1.54, 1.807) is 0 Å². The Bertz CT molecular complexity index is 1660. The summed E-state index contributed by atoms with van der Waals surface area (Å²) >= 11 is 0. The number of ether oxygens (including phenoxy) is 1. The molecule has 1 amide bonds. The number of fused-ring (bicyclic) bond motifs is 2. The molecule has 0 saturated carbocycles. The highest BCUT2D eigenvalue weighted by atomic mass is 19.1. The van der Waals surface area contributed by atoms with Crippen LogP contribution < -0.4 is 14.5 Å². The molecule has 9 nitrogen and oxygen atoms in total. The lowest BCUT2D eigenvalue weighted by Gasteiger charge is -2.49. The van der Waals surface area contributed by atoms with E-state index in [9.17, 15) is 9.18 Å². The molecular weight excluding hydrogens is 569 g/mol. The molecule has 3 aliphatic heterocycles. The summed E-state index contributed by atoms with van der Waals surface area (Å²) in [5.41, 5.74) is 4.46. The Kier molecular flexibility index (Phi) is 8.40. The second-order valence-electron chi connectivity index (χ2n) is 13.3. The first-order valence-electron chi connectivity index (χ1n) is 15.8. The fourth-order valence-corrected chi connectivity index (χ4v) is 7.09. The van der Waals surface area contributed by atoms with Crippen LogP contribution in [0.1, 0.15) is 44.0 Å². The largest absolute Gasteiger partial charge is 0.462 e. The average Bonchev–Trinajstić information content (AvgIpc) is 2.98. The van der Waals surface area contributed by atoms with Crippen LogP contribution in [0.15, 0.2) is 48.8 Å². The van der Waals surface area contributed by atoms with E-state index in [0.29, 0.717) is 38.3 Å². The number of carbonyl (C=O) groups excluding carboxylic acids is 1. The molecule has 2 saturated heterocycles. The van der Waals surface area contributed by atoms with Crippen molar-refractivity contribution in [1.29, 1.82) is 0 Å². The fourth-order valence-electron chi connectivity index (χ4n) is 7.09. The lowest BCUT2D eigenvalue weighted by molar-refractivity contribution is -0.131. The van der Waals surface area contributed by atoms with Gasteiger partial charge in [-0.2, -0.15) is 9.97 Å². The Morgan fingerprint density at radius 1 is 1.09 bits per heavy atom. The molecule has 2 fully saturated rings. The Morgan fingerprint density at radius 2 is 1.87 bits per heavy atom. The number of anilines is 2. The minimum atomic E-state index is -1.00. The molecule has 1 aromatic heterocycles. The lowest BCUT2D eigenvalue weighted by Crippen LogP contribution is -2.59. The van der Waals surface area contributed by atoms with Crippen molar-refractivity contribution in [2.45, 2.75) is 64.7 Å². The van der Waals surface area contributed by atoms with Crippen molar-refractivity contribution >= 4 is 28.2 Å². The van der Waals surface area contributed by atoms with E-state index in [2.05, 4.69) is 90.2 Å². The number of amides is 1. The van der Waals surface area contributed by atoms with Crippen LogP contribution in [-0.2, 0) is 17.8 Å². The summed E-state index contributed by atoms with van der Waals surface area (Å²) in [5.74, 6) is -0.967. The number of benzene rings is 2. The fraction of sp³-hybridized carbons (Fsp3) is 0.486. The summed E-state index contributed by atoms with van der Waals surface area (Å²) in [6.07, 6.45) is 1.80. The van der Waals surface area contributed by atoms with Gasteiger partial charge in [0.2, 0.25) is 6.54 Å². The molecule has 0 bridgehead atoms. The third kappa shape index (κ3) is 6.06. The van der Waals surface area contributed by atoms with E-state index in [4.69, 9.17) is 21.3 Å². The van der Waals surface area contributed by atoms with Gasteiger partial charge >= 0.3 is 6.01 Å². The van der Waals surface area contributed by atoms with Crippen LogP contribution in [0, 0.1) is 13.5 Å². The topological polar surface area (TPSA) is 69.4 Å². The van der Waals surface area contributed by atoms with E-state index < -0.39 is 17.8 Å². The number of piperazine rings is 1. The maximum Gasteiger partial charge on any atom is 0.318 e. The van der Waals surface area contributed by atoms with Crippen molar-refractivity contribution in [1.82, 2.24) is 19.8 Å². The quantitative estimate of drug-likeness (QED) is 0.270. The molecule has 2 atom stereocenters. The van der Waals surface area contributed by atoms with Crippen LogP contribution in [0.4, 0.5) is 15.9 Å². The number of halogens is 1. The molecule has 3 aliphatic rings. The van der Waals surface area contributed by atoms with Gasteiger partial charge in [-0.25, -0.2) is 11.0 Å². The first-order chi connectivity index (χ1) is 21.5. The molecule has 0 spiro atoms. The van der Waals surface area contributed by atoms with Crippen molar-refractivity contribution in [2.24, 2.45) is 0 Å². The maximum absolute atomic E-state index is 13.9. The first kappa shape index (κ1) is 30.8. The van der Waals surface area contributed by atoms with Gasteiger partial charge in [-0.05, 0) is 57.6 Å². The first-order valence-corrected chi connectivity index (χ1v) is 15.8. The van der Waals surface area contributed by atoms with E-state index in [1.165, 1.54) is 26.9 Å². The molecule has 0 N–H and O–H groups in total. The van der Waals surface area contributed by atoms with Crippen LogP contribution in [0.2, 0.25) is 0 Å². The van der Waals surface area contributed by atoms with E-state index in [0.717, 1.165) is 43.0 Å². The highest BCUT2D eigenvalue weighted by Gasteiger charge is 2.38. The monoisotopic (exact) mass is 611 g/mol. The van der Waals surface area contributed by atoms with Crippen LogP contribution in [0.5, 0.6) is 6.01 Å². The normalized spacial score (nSPS) is 20.4. The molecule has 1 unspecified atom stereocenters. The molecule has 0 aliphatic carbocycles. The summed E-state index contributed by atoms with van der Waals surface area (Å²) in [6, 6.07) is 13.0. The van der Waals surface area contributed by atoms with Crippen LogP contribution in [0.3, 0.4) is 0 Å². The van der Waals surface area contributed by atoms with Gasteiger partial charge in [0.15, 0.2) is 5.83 Å². The van der Waals surface area contributed by atoms with E-state index in [-0.39, 0.29) is 18.6 Å². The van der Waals surface area contributed by atoms with Gasteiger partial charge in [-0.1, -0.05) is 36.9 Å². The molecular formula is C35H42FN7O2. The van der Waals surface area contributed by atoms with Crippen molar-refractivity contribution < 1.29 is 13.9 Å². The zero-order valence-corrected chi connectivity index (χ0v) is 26.7. The number of likely N-dealkylation sites (tertiary alicyclic amines) is 1. The Hall–Kier alpha value is -4.23. The molecule has 2 aromatic carbocycles. The van der Waals surface area contributed by atoms with Crippen molar-refractivity contribution in [3.63, 3.8) is 0 Å². The zero-order chi connectivity index (χ0) is 31.9. The van der Waals surface area contributed by atoms with Crippen LogP contribution in [0.25, 0.3) is 15.6 Å². The summed E-state index contributed by atoms with van der Waals surface area (Å²) in [5, 5.41) is 2.46. The predicted molar refractivity (Wildman–Crippen MR) is 175 cm³/mol. The second-order valence-corrected chi connectivity index (χ2v) is 13.3. The Labute approximate surface area is 265 Å². The molecule has 45 heavy (non-hydrogen) atoms. The van der Waals surface area contributed by atoms with Gasteiger partial charge in [0.1, 0.15) is 18.5 Å². The minimum absolute atomic E-state index is 0.0607. The van der Waals surface area contributed by atoms with Gasteiger partial charge in [-0.15, -0.1) is 0 Å². The number of carbonyl (C=O) groups is 1. The third-order valence-corrected chi connectivity index (χ3v) is 9.44. The van der Waals surface area contributed by atoms with Crippen LogP contribution >= 0.6 is 0 Å². The minimum Gasteiger partial charge on any atom is -0.462 e. The SMILES string of the molecule is [C-]#[N+]C[C@H]1CN(c2nc(OCC3CCN3C(C)(C)C)nc3c2CCN(c2cccc4cccc(C)c24)C3)CCN1C(=O)C(=C)F. The van der Waals surface area contributed by atoms with Crippen molar-refractivity contribution in [3.05, 3.63) is 77.0 Å². The highest BCUT2D eigenvalue weighted by molar-refractivity contribution is 5.97. The summed E-state index contributed by atoms with van der Waals surface area (Å²) in [4.78, 5) is 34.5. The summed E-state index contributed by atoms with van der Waals surface area (Å²) < 4.78 is 20.2. The molecule has 0 radical (unpaired) electrons. The molecule has 3 aromatic rings. The molecule has 6 rings (SSSR count). The van der Waals surface area contributed by atoms with Gasteiger partial charge < -0.3 is 24.3 Å². The second kappa shape index (κ2) is 12.3. The number of aromatic nitrogens is 2. The van der Waals surface area contributed by atoms with Crippen molar-refractivity contribution in [2.75, 3.05) is 55.7 Å². The summed E-state index contributed by atoms with van der Waals surface area (Å²) in [6.45, 7) is 23.6. The van der Waals surface area contributed by atoms with Gasteiger partial charge in [0.05, 0.1) is 12.2 Å².